The molecule has 2 aromatic rings. The number of amides is 1. The van der Waals surface area contributed by atoms with Crippen LogP contribution in [-0.2, 0) is 0 Å². The fourth-order valence-corrected chi connectivity index (χ4v) is 2.41. The van der Waals surface area contributed by atoms with Crippen molar-refractivity contribution in [2.24, 2.45) is 0 Å². The van der Waals surface area contributed by atoms with Crippen molar-refractivity contribution in [3.8, 4) is 0 Å². The van der Waals surface area contributed by atoms with E-state index in [4.69, 9.17) is 9.52 Å². The summed E-state index contributed by atoms with van der Waals surface area (Å²) in [4.78, 5) is 22.9. The SMILES string of the molecule is Cc1cc(C(=O)Nc2cc(C)c(C(=O)O)s2)co1. The Morgan fingerprint density at radius 2 is 2.06 bits per heavy atom. The molecule has 0 aliphatic carbocycles. The molecule has 0 aliphatic heterocycles. The first-order valence-electron chi connectivity index (χ1n) is 5.17. The number of carboxylic acid groups (broad SMARTS) is 1. The van der Waals surface area contributed by atoms with Crippen LogP contribution in [0, 0.1) is 13.8 Å². The van der Waals surface area contributed by atoms with Gasteiger partial charge in [-0.25, -0.2) is 4.79 Å². The summed E-state index contributed by atoms with van der Waals surface area (Å²) in [6.07, 6.45) is 1.36. The van der Waals surface area contributed by atoms with E-state index in [1.54, 1.807) is 26.0 Å². The van der Waals surface area contributed by atoms with E-state index in [9.17, 15) is 9.59 Å². The molecule has 1 amide bonds. The summed E-state index contributed by atoms with van der Waals surface area (Å²) in [5.41, 5.74) is 1.04. The molecule has 94 valence electrons. The number of thiophene rings is 1. The van der Waals surface area contributed by atoms with Gasteiger partial charge in [0.05, 0.1) is 10.6 Å². The number of rotatable bonds is 3. The molecule has 2 rings (SSSR count). The third kappa shape index (κ3) is 2.43. The van der Waals surface area contributed by atoms with Crippen molar-refractivity contribution >= 4 is 28.2 Å². The number of hydrogen-bond donors (Lipinski definition) is 2. The largest absolute Gasteiger partial charge is 0.477 e. The van der Waals surface area contributed by atoms with Gasteiger partial charge in [-0.15, -0.1) is 11.3 Å². The molecule has 5 nitrogen and oxygen atoms in total. The average Bonchev–Trinajstić information content (AvgIpc) is 2.85. The van der Waals surface area contributed by atoms with E-state index in [2.05, 4.69) is 5.32 Å². The van der Waals surface area contributed by atoms with Gasteiger partial charge in [0.2, 0.25) is 0 Å². The molecule has 0 spiro atoms. The van der Waals surface area contributed by atoms with Crippen molar-refractivity contribution in [2.75, 3.05) is 5.32 Å². The molecule has 0 fully saturated rings. The predicted octanol–water partition coefficient (Wildman–Crippen LogP) is 2.91. The van der Waals surface area contributed by atoms with E-state index in [-0.39, 0.29) is 10.8 Å². The minimum atomic E-state index is -0.989. The first-order valence-corrected chi connectivity index (χ1v) is 5.99. The van der Waals surface area contributed by atoms with Crippen LogP contribution >= 0.6 is 11.3 Å². The first kappa shape index (κ1) is 12.4. The fraction of sp³-hybridized carbons (Fsp3) is 0.167. The highest BCUT2D eigenvalue weighted by Crippen LogP contribution is 2.27. The summed E-state index contributed by atoms with van der Waals surface area (Å²) >= 11 is 1.04. The van der Waals surface area contributed by atoms with Gasteiger partial charge < -0.3 is 14.8 Å². The highest BCUT2D eigenvalue weighted by atomic mass is 32.1. The normalized spacial score (nSPS) is 10.3. The zero-order valence-electron chi connectivity index (χ0n) is 9.81. The second-order valence-corrected chi connectivity index (χ2v) is 4.88. The minimum absolute atomic E-state index is 0.230. The maximum atomic E-state index is 11.8. The van der Waals surface area contributed by atoms with E-state index >= 15 is 0 Å². The van der Waals surface area contributed by atoms with Gasteiger partial charge in [0.15, 0.2) is 0 Å². The molecule has 2 aromatic heterocycles. The first-order chi connectivity index (χ1) is 8.47. The second-order valence-electron chi connectivity index (χ2n) is 3.83. The summed E-state index contributed by atoms with van der Waals surface area (Å²) in [5.74, 6) is -0.657. The van der Waals surface area contributed by atoms with Crippen molar-refractivity contribution in [1.29, 1.82) is 0 Å². The molecule has 0 unspecified atom stereocenters. The lowest BCUT2D eigenvalue weighted by molar-refractivity contribution is 0.0701. The highest BCUT2D eigenvalue weighted by molar-refractivity contribution is 7.18. The van der Waals surface area contributed by atoms with Crippen LogP contribution in [0.15, 0.2) is 22.8 Å². The molecule has 0 atom stereocenters. The van der Waals surface area contributed by atoms with Crippen molar-refractivity contribution < 1.29 is 19.1 Å². The van der Waals surface area contributed by atoms with Gasteiger partial charge in [-0.3, -0.25) is 4.79 Å². The topological polar surface area (TPSA) is 79.5 Å². The number of nitrogens with one attached hydrogen (secondary N) is 1. The van der Waals surface area contributed by atoms with Crippen LogP contribution in [0.4, 0.5) is 5.00 Å². The van der Waals surface area contributed by atoms with E-state index in [0.29, 0.717) is 21.9 Å². The van der Waals surface area contributed by atoms with Crippen LogP contribution in [0.2, 0.25) is 0 Å². The Kier molecular flexibility index (Phi) is 3.20. The van der Waals surface area contributed by atoms with Crippen LogP contribution in [-0.4, -0.2) is 17.0 Å². The molecule has 0 aliphatic rings. The molecule has 18 heavy (non-hydrogen) atoms. The lowest BCUT2D eigenvalue weighted by Crippen LogP contribution is -2.09. The molecule has 0 aromatic carbocycles. The van der Waals surface area contributed by atoms with Gasteiger partial charge >= 0.3 is 5.97 Å². The zero-order chi connectivity index (χ0) is 13.3. The molecule has 6 heteroatoms. The number of carbonyl (C=O) groups is 2. The Morgan fingerprint density at radius 1 is 1.33 bits per heavy atom. The van der Waals surface area contributed by atoms with Crippen LogP contribution in [0.5, 0.6) is 0 Å². The quantitative estimate of drug-likeness (QED) is 0.894. The standard InChI is InChI=1S/C12H11NO4S/c1-6-3-9(18-10(6)12(15)16)13-11(14)8-4-7(2)17-5-8/h3-5H,1-2H3,(H,13,14)(H,15,16). The molecular formula is C12H11NO4S. The van der Waals surface area contributed by atoms with Crippen molar-refractivity contribution in [3.63, 3.8) is 0 Å². The highest BCUT2D eigenvalue weighted by Gasteiger charge is 2.15. The summed E-state index contributed by atoms with van der Waals surface area (Å²) in [5, 5.41) is 12.1. The maximum absolute atomic E-state index is 11.8. The van der Waals surface area contributed by atoms with Crippen molar-refractivity contribution in [3.05, 3.63) is 40.2 Å². The summed E-state index contributed by atoms with van der Waals surface area (Å²) in [6.45, 7) is 3.44. The van der Waals surface area contributed by atoms with Crippen LogP contribution < -0.4 is 5.32 Å². The lowest BCUT2D eigenvalue weighted by Gasteiger charge is -1.98. The number of aromatic carboxylic acids is 1. The Bertz CT molecular complexity index is 611. The molecule has 2 heterocycles. The van der Waals surface area contributed by atoms with E-state index < -0.39 is 5.97 Å². The number of furan rings is 1. The second kappa shape index (κ2) is 4.66. The lowest BCUT2D eigenvalue weighted by atomic mass is 10.3. The average molecular weight is 265 g/mol. The monoisotopic (exact) mass is 265 g/mol. The Morgan fingerprint density at radius 3 is 2.56 bits per heavy atom. The summed E-state index contributed by atoms with van der Waals surface area (Å²) < 4.78 is 5.04. The van der Waals surface area contributed by atoms with Gasteiger partial charge in [-0.2, -0.15) is 0 Å². The Hall–Kier alpha value is -2.08. The summed E-state index contributed by atoms with van der Waals surface area (Å²) in [7, 11) is 0. The Balaban J connectivity index is 2.17. The number of carboxylic acids is 1. The molecule has 0 saturated heterocycles. The van der Waals surface area contributed by atoms with Crippen LogP contribution in [0.3, 0.4) is 0 Å². The van der Waals surface area contributed by atoms with Gasteiger partial charge in [0, 0.05) is 0 Å². The number of hydrogen-bond acceptors (Lipinski definition) is 4. The molecule has 2 N–H and O–H groups in total. The minimum Gasteiger partial charge on any atom is -0.477 e. The summed E-state index contributed by atoms with van der Waals surface area (Å²) in [6, 6.07) is 3.26. The van der Waals surface area contributed by atoms with Crippen molar-refractivity contribution in [2.45, 2.75) is 13.8 Å². The van der Waals surface area contributed by atoms with E-state index in [0.717, 1.165) is 11.3 Å². The van der Waals surface area contributed by atoms with E-state index in [1.807, 2.05) is 0 Å². The molecule has 0 bridgehead atoms. The number of anilines is 1. The fourth-order valence-electron chi connectivity index (χ4n) is 1.50. The zero-order valence-corrected chi connectivity index (χ0v) is 10.6. The molecular weight excluding hydrogens is 254 g/mol. The number of carbonyl (C=O) groups excluding carboxylic acids is 1. The van der Waals surface area contributed by atoms with E-state index in [1.165, 1.54) is 6.26 Å². The number of aryl methyl sites for hydroxylation is 2. The van der Waals surface area contributed by atoms with Gasteiger partial charge in [-0.05, 0) is 31.5 Å². The third-order valence-electron chi connectivity index (χ3n) is 2.34. The predicted molar refractivity (Wildman–Crippen MR) is 67.4 cm³/mol. The van der Waals surface area contributed by atoms with Crippen molar-refractivity contribution in [1.82, 2.24) is 0 Å². The maximum Gasteiger partial charge on any atom is 0.346 e. The van der Waals surface area contributed by atoms with Crippen LogP contribution in [0.1, 0.15) is 31.4 Å². The van der Waals surface area contributed by atoms with Crippen LogP contribution in [0.25, 0.3) is 0 Å². The van der Waals surface area contributed by atoms with Gasteiger partial charge in [-0.1, -0.05) is 0 Å². The Labute approximate surface area is 107 Å². The van der Waals surface area contributed by atoms with Gasteiger partial charge in [0.1, 0.15) is 16.9 Å². The molecule has 0 radical (unpaired) electrons. The van der Waals surface area contributed by atoms with Gasteiger partial charge in [0.25, 0.3) is 5.91 Å². The molecule has 0 saturated carbocycles. The third-order valence-corrected chi connectivity index (χ3v) is 3.48. The smallest absolute Gasteiger partial charge is 0.346 e.